The first-order chi connectivity index (χ1) is 8.84. The van der Waals surface area contributed by atoms with E-state index in [1.54, 1.807) is 10.4 Å². The molecule has 1 aromatic rings. The Morgan fingerprint density at radius 3 is 2.94 bits per heavy atom. The number of thiophene rings is 1. The second kappa shape index (κ2) is 5.70. The summed E-state index contributed by atoms with van der Waals surface area (Å²) < 4.78 is 0. The Kier molecular flexibility index (Phi) is 3.99. The number of nitrogens with zero attached hydrogens (tertiary/aromatic N) is 2. The quantitative estimate of drug-likeness (QED) is 0.895. The average Bonchev–Trinajstić information content (AvgIpc) is 2.88. The largest absolute Gasteiger partial charge is 0.314 e. The fraction of sp³-hybridized carbons (Fsp3) is 0.714. The van der Waals surface area contributed by atoms with Crippen LogP contribution in [-0.4, -0.2) is 55.6 Å². The van der Waals surface area contributed by atoms with Crippen LogP contribution in [0.1, 0.15) is 23.4 Å². The molecule has 2 aliphatic rings. The van der Waals surface area contributed by atoms with Gasteiger partial charge in [0.2, 0.25) is 0 Å². The summed E-state index contributed by atoms with van der Waals surface area (Å²) in [5, 5.41) is 5.67. The first-order valence-corrected chi connectivity index (χ1v) is 7.96. The van der Waals surface area contributed by atoms with Crippen LogP contribution in [0.4, 0.5) is 0 Å². The number of fused-ring (bicyclic) bond motifs is 1. The van der Waals surface area contributed by atoms with Crippen LogP contribution in [0.3, 0.4) is 0 Å². The number of rotatable bonds is 3. The minimum atomic E-state index is 0.614. The van der Waals surface area contributed by atoms with Gasteiger partial charge in [-0.15, -0.1) is 11.3 Å². The zero-order chi connectivity index (χ0) is 12.4. The summed E-state index contributed by atoms with van der Waals surface area (Å²) in [6.45, 7) is 10.8. The Morgan fingerprint density at radius 2 is 2.11 bits per heavy atom. The van der Waals surface area contributed by atoms with Gasteiger partial charge in [0.25, 0.3) is 0 Å². The molecule has 3 heterocycles. The molecule has 0 aromatic carbocycles. The molecule has 0 bridgehead atoms. The maximum absolute atomic E-state index is 3.42. The topological polar surface area (TPSA) is 18.5 Å². The van der Waals surface area contributed by atoms with Crippen LogP contribution >= 0.6 is 11.3 Å². The van der Waals surface area contributed by atoms with Crippen molar-refractivity contribution in [3.05, 3.63) is 21.9 Å². The average molecular weight is 265 g/mol. The molecule has 1 saturated heterocycles. The molecule has 0 aliphatic carbocycles. The van der Waals surface area contributed by atoms with E-state index in [4.69, 9.17) is 0 Å². The molecule has 1 fully saturated rings. The molecule has 2 aliphatic heterocycles. The van der Waals surface area contributed by atoms with E-state index in [1.807, 2.05) is 11.3 Å². The van der Waals surface area contributed by atoms with Crippen molar-refractivity contribution in [1.82, 2.24) is 15.1 Å². The molecular weight excluding hydrogens is 242 g/mol. The van der Waals surface area contributed by atoms with Crippen molar-refractivity contribution in [2.45, 2.75) is 19.4 Å². The van der Waals surface area contributed by atoms with Gasteiger partial charge in [-0.3, -0.25) is 9.80 Å². The zero-order valence-electron chi connectivity index (χ0n) is 11.2. The molecule has 18 heavy (non-hydrogen) atoms. The fourth-order valence-corrected chi connectivity index (χ4v) is 4.03. The highest BCUT2D eigenvalue weighted by atomic mass is 32.1. The fourth-order valence-electron chi connectivity index (χ4n) is 3.07. The molecule has 1 unspecified atom stereocenters. The van der Waals surface area contributed by atoms with Crippen LogP contribution in [-0.2, 0) is 6.42 Å². The molecule has 3 nitrogen and oxygen atoms in total. The van der Waals surface area contributed by atoms with Gasteiger partial charge < -0.3 is 5.32 Å². The third-order valence-electron chi connectivity index (χ3n) is 4.32. The predicted molar refractivity (Wildman–Crippen MR) is 77.3 cm³/mol. The highest BCUT2D eigenvalue weighted by Crippen LogP contribution is 2.32. The Balaban J connectivity index is 1.54. The van der Waals surface area contributed by atoms with Gasteiger partial charge in [-0.05, 0) is 30.4 Å². The molecule has 1 atom stereocenters. The van der Waals surface area contributed by atoms with Gasteiger partial charge in [-0.25, -0.2) is 0 Å². The minimum absolute atomic E-state index is 0.614. The first-order valence-electron chi connectivity index (χ1n) is 7.08. The lowest BCUT2D eigenvalue weighted by atomic mass is 10.0. The van der Waals surface area contributed by atoms with E-state index in [0.29, 0.717) is 6.04 Å². The smallest absolute Gasteiger partial charge is 0.0331 e. The van der Waals surface area contributed by atoms with Gasteiger partial charge in [-0.2, -0.15) is 0 Å². The van der Waals surface area contributed by atoms with Crippen molar-refractivity contribution < 1.29 is 0 Å². The summed E-state index contributed by atoms with van der Waals surface area (Å²) in [5.41, 5.74) is 1.58. The van der Waals surface area contributed by atoms with Crippen molar-refractivity contribution in [3.63, 3.8) is 0 Å². The molecule has 0 saturated carbocycles. The lowest BCUT2D eigenvalue weighted by Crippen LogP contribution is -2.47. The third kappa shape index (κ3) is 2.62. The zero-order valence-corrected chi connectivity index (χ0v) is 12.0. The van der Waals surface area contributed by atoms with E-state index in [-0.39, 0.29) is 0 Å². The van der Waals surface area contributed by atoms with E-state index in [1.165, 1.54) is 39.1 Å². The van der Waals surface area contributed by atoms with Gasteiger partial charge >= 0.3 is 0 Å². The standard InChI is InChI=1S/C14H23N3S/c1-12-13-3-11-18-14(13)2-6-17(12)10-9-16-7-4-15-5-8-16/h3,11-12,15H,2,4-10H2,1H3. The normalized spacial score (nSPS) is 26.2. The van der Waals surface area contributed by atoms with Gasteiger partial charge in [0, 0.05) is 56.7 Å². The first kappa shape index (κ1) is 12.6. The summed E-state index contributed by atoms with van der Waals surface area (Å²) in [5.74, 6) is 0. The molecule has 0 amide bonds. The van der Waals surface area contributed by atoms with E-state index >= 15 is 0 Å². The molecular formula is C14H23N3S. The Labute approximate surface area is 114 Å². The SMILES string of the molecule is CC1c2ccsc2CCN1CCN1CCNCC1. The van der Waals surface area contributed by atoms with E-state index in [0.717, 1.165) is 13.1 Å². The second-order valence-corrected chi connectivity index (χ2v) is 6.35. The number of hydrogen-bond donors (Lipinski definition) is 1. The highest BCUT2D eigenvalue weighted by Gasteiger charge is 2.24. The molecule has 100 valence electrons. The number of nitrogens with one attached hydrogen (secondary N) is 1. The van der Waals surface area contributed by atoms with E-state index < -0.39 is 0 Å². The Bertz CT molecular complexity index is 384. The second-order valence-electron chi connectivity index (χ2n) is 5.35. The van der Waals surface area contributed by atoms with Crippen LogP contribution in [0.2, 0.25) is 0 Å². The summed E-state index contributed by atoms with van der Waals surface area (Å²) in [7, 11) is 0. The number of hydrogen-bond acceptors (Lipinski definition) is 4. The Hall–Kier alpha value is -0.420. The van der Waals surface area contributed by atoms with Crippen molar-refractivity contribution in [3.8, 4) is 0 Å². The van der Waals surface area contributed by atoms with Crippen LogP contribution in [0, 0.1) is 0 Å². The maximum atomic E-state index is 3.42. The van der Waals surface area contributed by atoms with Crippen LogP contribution in [0.25, 0.3) is 0 Å². The van der Waals surface area contributed by atoms with E-state index in [9.17, 15) is 0 Å². The van der Waals surface area contributed by atoms with Gasteiger partial charge in [0.1, 0.15) is 0 Å². The molecule has 3 rings (SSSR count). The summed E-state index contributed by atoms with van der Waals surface area (Å²) >= 11 is 1.93. The van der Waals surface area contributed by atoms with Crippen molar-refractivity contribution in [2.24, 2.45) is 0 Å². The van der Waals surface area contributed by atoms with Crippen molar-refractivity contribution in [1.29, 1.82) is 0 Å². The summed E-state index contributed by atoms with van der Waals surface area (Å²) in [6.07, 6.45) is 1.25. The minimum Gasteiger partial charge on any atom is -0.314 e. The maximum Gasteiger partial charge on any atom is 0.0331 e. The lowest BCUT2D eigenvalue weighted by molar-refractivity contribution is 0.153. The van der Waals surface area contributed by atoms with E-state index in [2.05, 4.69) is 33.5 Å². The van der Waals surface area contributed by atoms with Gasteiger partial charge in [0.15, 0.2) is 0 Å². The highest BCUT2D eigenvalue weighted by molar-refractivity contribution is 7.10. The lowest BCUT2D eigenvalue weighted by Gasteiger charge is -2.36. The molecule has 1 N–H and O–H groups in total. The van der Waals surface area contributed by atoms with Crippen LogP contribution in [0.5, 0.6) is 0 Å². The summed E-state index contributed by atoms with van der Waals surface area (Å²) in [6, 6.07) is 2.93. The van der Waals surface area contributed by atoms with Crippen LogP contribution in [0.15, 0.2) is 11.4 Å². The molecule has 4 heteroatoms. The summed E-state index contributed by atoms with van der Waals surface area (Å²) in [4.78, 5) is 6.85. The van der Waals surface area contributed by atoms with Gasteiger partial charge in [-0.1, -0.05) is 0 Å². The van der Waals surface area contributed by atoms with Gasteiger partial charge in [0.05, 0.1) is 0 Å². The van der Waals surface area contributed by atoms with Crippen molar-refractivity contribution in [2.75, 3.05) is 45.8 Å². The number of piperazine rings is 1. The molecule has 0 radical (unpaired) electrons. The Morgan fingerprint density at radius 1 is 1.28 bits per heavy atom. The molecule has 0 spiro atoms. The predicted octanol–water partition coefficient (Wildman–Crippen LogP) is 1.57. The monoisotopic (exact) mass is 265 g/mol. The third-order valence-corrected chi connectivity index (χ3v) is 5.31. The van der Waals surface area contributed by atoms with Crippen molar-refractivity contribution >= 4 is 11.3 Å². The van der Waals surface area contributed by atoms with Crippen LogP contribution < -0.4 is 5.32 Å². The molecule has 1 aromatic heterocycles.